The Bertz CT molecular complexity index is 391. The van der Waals surface area contributed by atoms with Crippen molar-refractivity contribution in [2.45, 2.75) is 33.7 Å². The maximum absolute atomic E-state index is 12.4. The Morgan fingerprint density at radius 2 is 2.06 bits per heavy atom. The lowest BCUT2D eigenvalue weighted by molar-refractivity contribution is 0.0682. The van der Waals surface area contributed by atoms with E-state index >= 15 is 0 Å². The number of nitrogens with zero attached hydrogens (tertiary/aromatic N) is 2. The average molecular weight is 255 g/mol. The number of amides is 1. The zero-order valence-electron chi connectivity index (χ0n) is 10.8. The highest BCUT2D eigenvalue weighted by Crippen LogP contribution is 2.18. The lowest BCUT2D eigenvalue weighted by Crippen LogP contribution is -2.39. The number of pyridine rings is 1. The van der Waals surface area contributed by atoms with Crippen LogP contribution >= 0.6 is 11.6 Å². The minimum atomic E-state index is -0.0268. The zero-order chi connectivity index (χ0) is 13.0. The fourth-order valence-corrected chi connectivity index (χ4v) is 1.83. The topological polar surface area (TPSA) is 33.2 Å². The monoisotopic (exact) mass is 254 g/mol. The molecule has 4 heteroatoms. The Balaban J connectivity index is 2.96. The summed E-state index contributed by atoms with van der Waals surface area (Å²) >= 11 is 5.99. The SMILES string of the molecule is CC(C)CN(C(=O)c1ccncc1Cl)C(C)C. The minimum absolute atomic E-state index is 0.0268. The molecule has 1 heterocycles. The third-order valence-corrected chi connectivity index (χ3v) is 2.75. The van der Waals surface area contributed by atoms with Crippen molar-refractivity contribution in [1.82, 2.24) is 9.88 Å². The van der Waals surface area contributed by atoms with E-state index in [0.29, 0.717) is 16.5 Å². The van der Waals surface area contributed by atoms with Gasteiger partial charge in [0, 0.05) is 25.0 Å². The van der Waals surface area contributed by atoms with E-state index in [9.17, 15) is 4.79 Å². The van der Waals surface area contributed by atoms with Gasteiger partial charge >= 0.3 is 0 Å². The van der Waals surface area contributed by atoms with Crippen LogP contribution in [0.5, 0.6) is 0 Å². The molecule has 0 N–H and O–H groups in total. The number of hydrogen-bond acceptors (Lipinski definition) is 2. The highest BCUT2D eigenvalue weighted by atomic mass is 35.5. The lowest BCUT2D eigenvalue weighted by Gasteiger charge is -2.28. The first-order valence-electron chi connectivity index (χ1n) is 5.84. The Morgan fingerprint density at radius 3 is 2.53 bits per heavy atom. The van der Waals surface area contributed by atoms with Crippen LogP contribution in [0.2, 0.25) is 5.02 Å². The van der Waals surface area contributed by atoms with Crippen LogP contribution in [0.4, 0.5) is 0 Å². The van der Waals surface area contributed by atoms with Gasteiger partial charge in [-0.1, -0.05) is 25.4 Å². The van der Waals surface area contributed by atoms with Crippen molar-refractivity contribution < 1.29 is 4.79 Å². The molecule has 0 spiro atoms. The summed E-state index contributed by atoms with van der Waals surface area (Å²) in [6, 6.07) is 1.83. The Labute approximate surface area is 108 Å². The van der Waals surface area contributed by atoms with Crippen molar-refractivity contribution in [3.63, 3.8) is 0 Å². The van der Waals surface area contributed by atoms with Crippen LogP contribution < -0.4 is 0 Å². The molecule has 0 unspecified atom stereocenters. The van der Waals surface area contributed by atoms with Crippen molar-refractivity contribution in [2.75, 3.05) is 6.54 Å². The quantitative estimate of drug-likeness (QED) is 0.827. The van der Waals surface area contributed by atoms with Crippen molar-refractivity contribution in [3.05, 3.63) is 29.0 Å². The van der Waals surface area contributed by atoms with Crippen LogP contribution in [0.3, 0.4) is 0 Å². The van der Waals surface area contributed by atoms with Gasteiger partial charge in [0.05, 0.1) is 10.6 Å². The fraction of sp³-hybridized carbons (Fsp3) is 0.538. The highest BCUT2D eigenvalue weighted by molar-refractivity contribution is 6.33. The van der Waals surface area contributed by atoms with Gasteiger partial charge in [0.25, 0.3) is 5.91 Å². The molecular formula is C13H19ClN2O. The van der Waals surface area contributed by atoms with Crippen LogP contribution in [-0.4, -0.2) is 28.4 Å². The Morgan fingerprint density at radius 1 is 1.41 bits per heavy atom. The second-order valence-corrected chi connectivity index (χ2v) is 5.21. The molecule has 94 valence electrons. The van der Waals surface area contributed by atoms with E-state index in [4.69, 9.17) is 11.6 Å². The fourth-order valence-electron chi connectivity index (χ4n) is 1.62. The van der Waals surface area contributed by atoms with E-state index in [1.54, 1.807) is 12.3 Å². The van der Waals surface area contributed by atoms with Gasteiger partial charge < -0.3 is 4.90 Å². The summed E-state index contributed by atoms with van der Waals surface area (Å²) in [4.78, 5) is 18.1. The van der Waals surface area contributed by atoms with Gasteiger partial charge in [-0.05, 0) is 25.8 Å². The van der Waals surface area contributed by atoms with E-state index in [0.717, 1.165) is 6.54 Å². The van der Waals surface area contributed by atoms with Gasteiger partial charge in [-0.2, -0.15) is 0 Å². The molecule has 0 atom stereocenters. The predicted octanol–water partition coefficient (Wildman–Crippen LogP) is 3.24. The molecule has 0 saturated heterocycles. The summed E-state index contributed by atoms with van der Waals surface area (Å²) in [5, 5.41) is 0.409. The summed E-state index contributed by atoms with van der Waals surface area (Å²) in [5.74, 6) is 0.406. The van der Waals surface area contributed by atoms with Crippen molar-refractivity contribution >= 4 is 17.5 Å². The van der Waals surface area contributed by atoms with Gasteiger partial charge in [-0.25, -0.2) is 0 Å². The molecule has 0 fully saturated rings. The normalized spacial score (nSPS) is 11.0. The molecule has 1 aromatic rings. The van der Waals surface area contributed by atoms with Gasteiger partial charge in [0.2, 0.25) is 0 Å². The molecule has 1 aromatic heterocycles. The van der Waals surface area contributed by atoms with E-state index < -0.39 is 0 Å². The molecule has 1 amide bonds. The number of carbonyl (C=O) groups excluding carboxylic acids is 1. The second kappa shape index (κ2) is 6.01. The predicted molar refractivity (Wildman–Crippen MR) is 70.3 cm³/mol. The van der Waals surface area contributed by atoms with Crippen LogP contribution in [0, 0.1) is 5.92 Å². The summed E-state index contributed by atoms with van der Waals surface area (Å²) in [6.45, 7) is 8.94. The van der Waals surface area contributed by atoms with Crippen LogP contribution in [0.15, 0.2) is 18.5 Å². The number of hydrogen-bond donors (Lipinski definition) is 0. The molecular weight excluding hydrogens is 236 g/mol. The van der Waals surface area contributed by atoms with E-state index in [2.05, 4.69) is 18.8 Å². The molecule has 0 aliphatic carbocycles. The molecule has 17 heavy (non-hydrogen) atoms. The summed E-state index contributed by atoms with van der Waals surface area (Å²) in [7, 11) is 0. The molecule has 0 aliphatic rings. The first-order chi connectivity index (χ1) is 7.93. The van der Waals surface area contributed by atoms with Crippen LogP contribution in [0.25, 0.3) is 0 Å². The molecule has 0 aliphatic heterocycles. The maximum atomic E-state index is 12.4. The molecule has 1 rings (SSSR count). The number of halogens is 1. The second-order valence-electron chi connectivity index (χ2n) is 4.80. The Hall–Kier alpha value is -1.09. The molecule has 3 nitrogen and oxygen atoms in total. The van der Waals surface area contributed by atoms with Gasteiger partial charge in [-0.15, -0.1) is 0 Å². The van der Waals surface area contributed by atoms with Crippen LogP contribution in [0.1, 0.15) is 38.1 Å². The first kappa shape index (κ1) is 14.0. The highest BCUT2D eigenvalue weighted by Gasteiger charge is 2.21. The lowest BCUT2D eigenvalue weighted by atomic mass is 10.1. The summed E-state index contributed by atoms with van der Waals surface area (Å²) in [6.07, 6.45) is 3.09. The molecule has 0 radical (unpaired) electrons. The van der Waals surface area contributed by atoms with Crippen molar-refractivity contribution in [1.29, 1.82) is 0 Å². The number of rotatable bonds is 4. The van der Waals surface area contributed by atoms with E-state index in [-0.39, 0.29) is 11.9 Å². The van der Waals surface area contributed by atoms with Gasteiger partial charge in [-0.3, -0.25) is 9.78 Å². The standard InChI is InChI=1S/C13H19ClN2O/c1-9(2)8-16(10(3)4)13(17)11-5-6-15-7-12(11)14/h5-7,9-10H,8H2,1-4H3. The van der Waals surface area contributed by atoms with Gasteiger partial charge in [0.1, 0.15) is 0 Å². The maximum Gasteiger partial charge on any atom is 0.255 e. The third-order valence-electron chi connectivity index (χ3n) is 2.45. The van der Waals surface area contributed by atoms with Crippen molar-refractivity contribution in [3.8, 4) is 0 Å². The zero-order valence-corrected chi connectivity index (χ0v) is 11.5. The summed E-state index contributed by atoms with van der Waals surface area (Å²) in [5.41, 5.74) is 0.524. The van der Waals surface area contributed by atoms with E-state index in [1.807, 2.05) is 18.7 Å². The number of carbonyl (C=O) groups is 1. The smallest absolute Gasteiger partial charge is 0.255 e. The molecule has 0 bridgehead atoms. The Kier molecular flexibility index (Phi) is 4.94. The summed E-state index contributed by atoms with van der Waals surface area (Å²) < 4.78 is 0. The largest absolute Gasteiger partial charge is 0.336 e. The minimum Gasteiger partial charge on any atom is -0.336 e. The van der Waals surface area contributed by atoms with Gasteiger partial charge in [0.15, 0.2) is 0 Å². The van der Waals surface area contributed by atoms with E-state index in [1.165, 1.54) is 6.20 Å². The van der Waals surface area contributed by atoms with Crippen molar-refractivity contribution in [2.24, 2.45) is 5.92 Å². The first-order valence-corrected chi connectivity index (χ1v) is 6.21. The van der Waals surface area contributed by atoms with Crippen LogP contribution in [-0.2, 0) is 0 Å². The molecule has 0 aromatic carbocycles. The number of aromatic nitrogens is 1. The molecule has 0 saturated carbocycles. The third kappa shape index (κ3) is 3.70. The average Bonchev–Trinajstić information content (AvgIpc) is 2.25.